The quantitative estimate of drug-likeness (QED) is 0.428. The van der Waals surface area contributed by atoms with Gasteiger partial charge in [-0.05, 0) is 27.2 Å². The van der Waals surface area contributed by atoms with E-state index in [0.717, 1.165) is 17.9 Å². The molecule has 0 aliphatic carbocycles. The van der Waals surface area contributed by atoms with E-state index in [2.05, 4.69) is 0 Å². The average Bonchev–Trinajstić information content (AvgIpc) is 2.08. The maximum atomic E-state index is 11.3. The molecule has 0 spiro atoms. The standard InChI is InChI=1S/C10H21NO2S2/c1-10(2,3)13-9(12)5-4-7-14-15-8-6-11/h4-8,11H2,1-3H3. The molecule has 0 rings (SSSR count). The van der Waals surface area contributed by atoms with Crippen molar-refractivity contribution in [3.63, 3.8) is 0 Å². The Morgan fingerprint density at radius 1 is 1.27 bits per heavy atom. The lowest BCUT2D eigenvalue weighted by Gasteiger charge is -2.19. The molecule has 0 saturated carbocycles. The molecule has 5 heteroatoms. The van der Waals surface area contributed by atoms with Gasteiger partial charge in [0.2, 0.25) is 0 Å². The van der Waals surface area contributed by atoms with Gasteiger partial charge < -0.3 is 10.5 Å². The van der Waals surface area contributed by atoms with Gasteiger partial charge in [-0.25, -0.2) is 0 Å². The zero-order valence-corrected chi connectivity index (χ0v) is 11.4. The molecule has 0 bridgehead atoms. The monoisotopic (exact) mass is 251 g/mol. The van der Waals surface area contributed by atoms with Crippen LogP contribution in [0.25, 0.3) is 0 Å². The van der Waals surface area contributed by atoms with Gasteiger partial charge in [0, 0.05) is 24.5 Å². The van der Waals surface area contributed by atoms with Gasteiger partial charge in [0.1, 0.15) is 5.60 Å². The van der Waals surface area contributed by atoms with Crippen LogP contribution in [0.4, 0.5) is 0 Å². The molecule has 0 aliphatic heterocycles. The lowest BCUT2D eigenvalue weighted by atomic mass is 10.2. The maximum absolute atomic E-state index is 11.3. The summed E-state index contributed by atoms with van der Waals surface area (Å²) in [5.74, 6) is 1.84. The minimum atomic E-state index is -0.363. The van der Waals surface area contributed by atoms with E-state index < -0.39 is 0 Å². The molecule has 0 unspecified atom stereocenters. The SMILES string of the molecule is CC(C)(C)OC(=O)CCCSSCCN. The fourth-order valence-electron chi connectivity index (χ4n) is 0.834. The molecule has 0 aromatic rings. The number of hydrogen-bond donors (Lipinski definition) is 1. The Hall–Kier alpha value is 0.130. The van der Waals surface area contributed by atoms with Gasteiger partial charge in [0.15, 0.2) is 0 Å². The molecule has 0 aliphatic rings. The summed E-state index contributed by atoms with van der Waals surface area (Å²) < 4.78 is 5.19. The van der Waals surface area contributed by atoms with Gasteiger partial charge >= 0.3 is 5.97 Å². The Morgan fingerprint density at radius 3 is 2.40 bits per heavy atom. The number of hydrogen-bond acceptors (Lipinski definition) is 5. The van der Waals surface area contributed by atoms with Crippen molar-refractivity contribution in [1.29, 1.82) is 0 Å². The zero-order valence-electron chi connectivity index (χ0n) is 9.75. The topological polar surface area (TPSA) is 52.3 Å². The Labute approximate surface area is 100 Å². The Kier molecular flexibility index (Phi) is 8.37. The summed E-state index contributed by atoms with van der Waals surface area (Å²) in [6, 6.07) is 0. The predicted octanol–water partition coefficient (Wildman–Crippen LogP) is 2.45. The summed E-state index contributed by atoms with van der Waals surface area (Å²) in [6.07, 6.45) is 1.38. The molecule has 0 radical (unpaired) electrons. The second-order valence-electron chi connectivity index (χ2n) is 4.12. The molecule has 2 N–H and O–H groups in total. The molecule has 90 valence electrons. The zero-order chi connectivity index (χ0) is 11.7. The highest BCUT2D eigenvalue weighted by atomic mass is 33.1. The molecule has 0 atom stereocenters. The number of rotatable bonds is 7. The third kappa shape index (κ3) is 12.1. The molecular weight excluding hydrogens is 230 g/mol. The van der Waals surface area contributed by atoms with Gasteiger partial charge in [-0.2, -0.15) is 0 Å². The van der Waals surface area contributed by atoms with Crippen LogP contribution in [0, 0.1) is 0 Å². The van der Waals surface area contributed by atoms with Gasteiger partial charge in [0.25, 0.3) is 0 Å². The molecule has 0 amide bonds. The first kappa shape index (κ1) is 15.1. The maximum Gasteiger partial charge on any atom is 0.306 e. The number of carbonyl (C=O) groups excluding carboxylic acids is 1. The fraction of sp³-hybridized carbons (Fsp3) is 0.900. The third-order valence-corrected chi connectivity index (χ3v) is 3.84. The number of nitrogens with two attached hydrogens (primary N) is 1. The van der Waals surface area contributed by atoms with E-state index in [-0.39, 0.29) is 11.6 Å². The lowest BCUT2D eigenvalue weighted by Crippen LogP contribution is -2.23. The van der Waals surface area contributed by atoms with Gasteiger partial charge in [0.05, 0.1) is 0 Å². The lowest BCUT2D eigenvalue weighted by molar-refractivity contribution is -0.154. The highest BCUT2D eigenvalue weighted by Gasteiger charge is 2.15. The van der Waals surface area contributed by atoms with Crippen molar-refractivity contribution < 1.29 is 9.53 Å². The normalized spacial score (nSPS) is 11.5. The van der Waals surface area contributed by atoms with Crippen LogP contribution < -0.4 is 5.73 Å². The van der Waals surface area contributed by atoms with Gasteiger partial charge in [-0.3, -0.25) is 4.79 Å². The second kappa shape index (κ2) is 8.30. The predicted molar refractivity (Wildman–Crippen MR) is 69.0 cm³/mol. The van der Waals surface area contributed by atoms with Crippen molar-refractivity contribution in [2.75, 3.05) is 18.1 Å². The summed E-state index contributed by atoms with van der Waals surface area (Å²) in [5, 5.41) is 0. The van der Waals surface area contributed by atoms with Crippen molar-refractivity contribution in [3.8, 4) is 0 Å². The first-order valence-corrected chi connectivity index (χ1v) is 7.61. The van der Waals surface area contributed by atoms with E-state index in [4.69, 9.17) is 10.5 Å². The Bertz CT molecular complexity index is 181. The molecule has 0 aromatic heterocycles. The molecule has 0 fully saturated rings. The van der Waals surface area contributed by atoms with Gasteiger partial charge in [-0.15, -0.1) is 0 Å². The largest absolute Gasteiger partial charge is 0.460 e. The summed E-state index contributed by atoms with van der Waals surface area (Å²) in [6.45, 7) is 6.37. The molecule has 15 heavy (non-hydrogen) atoms. The minimum absolute atomic E-state index is 0.105. The first-order chi connectivity index (χ1) is 6.95. The number of esters is 1. The number of carbonyl (C=O) groups is 1. The van der Waals surface area contributed by atoms with Crippen molar-refractivity contribution in [1.82, 2.24) is 0 Å². The second-order valence-corrected chi connectivity index (χ2v) is 6.82. The summed E-state index contributed by atoms with van der Waals surface area (Å²) in [7, 11) is 3.52. The van der Waals surface area contributed by atoms with Crippen molar-refractivity contribution >= 4 is 27.6 Å². The smallest absolute Gasteiger partial charge is 0.306 e. The van der Waals surface area contributed by atoms with Crippen LogP contribution in [0.5, 0.6) is 0 Å². The summed E-state index contributed by atoms with van der Waals surface area (Å²) >= 11 is 0. The van der Waals surface area contributed by atoms with Crippen LogP contribution in [0.3, 0.4) is 0 Å². The van der Waals surface area contributed by atoms with E-state index in [1.54, 1.807) is 21.6 Å². The number of ether oxygens (including phenoxy) is 1. The Balaban J connectivity index is 3.32. The van der Waals surface area contributed by atoms with Crippen molar-refractivity contribution in [3.05, 3.63) is 0 Å². The van der Waals surface area contributed by atoms with Gasteiger partial charge in [-0.1, -0.05) is 21.6 Å². The van der Waals surface area contributed by atoms with Crippen LogP contribution in [-0.2, 0) is 9.53 Å². The van der Waals surface area contributed by atoms with Crippen LogP contribution in [0.2, 0.25) is 0 Å². The van der Waals surface area contributed by atoms with Crippen molar-refractivity contribution in [2.45, 2.75) is 39.2 Å². The minimum Gasteiger partial charge on any atom is -0.460 e. The van der Waals surface area contributed by atoms with E-state index in [1.165, 1.54) is 0 Å². The van der Waals surface area contributed by atoms with E-state index in [1.807, 2.05) is 20.8 Å². The summed E-state index contributed by atoms with van der Waals surface area (Å²) in [5.41, 5.74) is 4.99. The highest BCUT2D eigenvalue weighted by Crippen LogP contribution is 2.21. The third-order valence-electron chi connectivity index (χ3n) is 1.31. The van der Waals surface area contributed by atoms with Crippen molar-refractivity contribution in [2.24, 2.45) is 5.73 Å². The van der Waals surface area contributed by atoms with Crippen LogP contribution >= 0.6 is 21.6 Å². The van der Waals surface area contributed by atoms with E-state index in [9.17, 15) is 4.79 Å². The van der Waals surface area contributed by atoms with E-state index >= 15 is 0 Å². The molecular formula is C10H21NO2S2. The van der Waals surface area contributed by atoms with Crippen LogP contribution in [0.1, 0.15) is 33.6 Å². The highest BCUT2D eigenvalue weighted by molar-refractivity contribution is 8.76. The fourth-order valence-corrected chi connectivity index (χ4v) is 2.78. The average molecular weight is 251 g/mol. The molecule has 0 heterocycles. The summed E-state index contributed by atoms with van der Waals surface area (Å²) in [4.78, 5) is 11.3. The van der Waals surface area contributed by atoms with Crippen LogP contribution in [0.15, 0.2) is 0 Å². The van der Waals surface area contributed by atoms with Crippen LogP contribution in [-0.4, -0.2) is 29.6 Å². The van der Waals surface area contributed by atoms with E-state index in [0.29, 0.717) is 13.0 Å². The first-order valence-electron chi connectivity index (χ1n) is 5.12. The molecule has 0 aromatic carbocycles. The molecule has 3 nitrogen and oxygen atoms in total. The Morgan fingerprint density at radius 2 is 1.87 bits per heavy atom. The molecule has 0 saturated heterocycles.